The second kappa shape index (κ2) is 8.27. The predicted octanol–water partition coefficient (Wildman–Crippen LogP) is 3.22. The molecule has 0 spiro atoms. The molecule has 0 aliphatic rings. The van der Waals surface area contributed by atoms with Crippen LogP contribution in [0.25, 0.3) is 0 Å². The van der Waals surface area contributed by atoms with Gasteiger partial charge in [0, 0.05) is 6.54 Å². The Morgan fingerprint density at radius 1 is 1.20 bits per heavy atom. The van der Waals surface area contributed by atoms with E-state index in [0.29, 0.717) is 16.5 Å². The molecule has 1 aromatic rings. The lowest BCUT2D eigenvalue weighted by atomic mass is 9.99. The van der Waals surface area contributed by atoms with E-state index in [9.17, 15) is 8.42 Å². The van der Waals surface area contributed by atoms with Crippen molar-refractivity contribution in [3.05, 3.63) is 24.3 Å². The van der Waals surface area contributed by atoms with Crippen molar-refractivity contribution in [1.29, 1.82) is 0 Å². The van der Waals surface area contributed by atoms with Gasteiger partial charge in [0.15, 0.2) is 0 Å². The summed E-state index contributed by atoms with van der Waals surface area (Å²) in [5, 5.41) is 3.29. The van der Waals surface area contributed by atoms with Crippen molar-refractivity contribution in [1.82, 2.24) is 4.72 Å². The summed E-state index contributed by atoms with van der Waals surface area (Å²) in [4.78, 5) is 0.313. The molecule has 0 bridgehead atoms. The molecule has 0 aliphatic carbocycles. The molecule has 0 heterocycles. The van der Waals surface area contributed by atoms with Crippen LogP contribution in [0, 0.1) is 5.92 Å². The van der Waals surface area contributed by atoms with Crippen LogP contribution in [0.3, 0.4) is 0 Å². The van der Waals surface area contributed by atoms with Crippen molar-refractivity contribution in [2.45, 2.75) is 44.4 Å². The number of sulfonamides is 1. The number of para-hydroxylation sites is 1. The summed E-state index contributed by atoms with van der Waals surface area (Å²) in [6.07, 6.45) is 4.70. The number of hydrogen-bond donors (Lipinski definition) is 2. The van der Waals surface area contributed by atoms with Gasteiger partial charge in [0.2, 0.25) is 10.0 Å². The fourth-order valence-electron chi connectivity index (χ4n) is 2.15. The first kappa shape index (κ1) is 17.0. The SMILES string of the molecule is CCCCC(CC)CNc1ccccc1S(=O)(=O)NC. The topological polar surface area (TPSA) is 58.2 Å². The van der Waals surface area contributed by atoms with Crippen LogP contribution in [0.5, 0.6) is 0 Å². The largest absolute Gasteiger partial charge is 0.384 e. The van der Waals surface area contributed by atoms with Crippen LogP contribution < -0.4 is 10.0 Å². The maximum Gasteiger partial charge on any atom is 0.242 e. The zero-order chi connectivity index (χ0) is 15.0. The van der Waals surface area contributed by atoms with Crippen LogP contribution >= 0.6 is 0 Å². The highest BCUT2D eigenvalue weighted by Gasteiger charge is 2.16. The van der Waals surface area contributed by atoms with Gasteiger partial charge in [-0.25, -0.2) is 13.1 Å². The maximum absolute atomic E-state index is 12.0. The second-order valence-electron chi connectivity index (χ2n) is 5.00. The van der Waals surface area contributed by atoms with Crippen molar-refractivity contribution in [3.63, 3.8) is 0 Å². The molecule has 0 radical (unpaired) electrons. The lowest BCUT2D eigenvalue weighted by molar-refractivity contribution is 0.472. The number of anilines is 1. The summed E-state index contributed by atoms with van der Waals surface area (Å²) in [6.45, 7) is 5.18. The summed E-state index contributed by atoms with van der Waals surface area (Å²) in [7, 11) is -1.98. The summed E-state index contributed by atoms with van der Waals surface area (Å²) >= 11 is 0. The fraction of sp³-hybridized carbons (Fsp3) is 0.600. The summed E-state index contributed by atoms with van der Waals surface area (Å²) in [5.74, 6) is 0.584. The van der Waals surface area contributed by atoms with E-state index in [4.69, 9.17) is 0 Å². The minimum atomic E-state index is -3.41. The van der Waals surface area contributed by atoms with Gasteiger partial charge >= 0.3 is 0 Å². The maximum atomic E-state index is 12.0. The van der Waals surface area contributed by atoms with E-state index in [2.05, 4.69) is 23.9 Å². The third-order valence-corrected chi connectivity index (χ3v) is 5.04. The molecule has 0 saturated carbocycles. The average Bonchev–Trinajstić information content (AvgIpc) is 2.47. The molecule has 0 saturated heterocycles. The summed E-state index contributed by atoms with van der Waals surface area (Å²) in [5.41, 5.74) is 0.678. The van der Waals surface area contributed by atoms with E-state index in [1.807, 2.05) is 12.1 Å². The first-order valence-corrected chi connectivity index (χ1v) is 8.79. The zero-order valence-electron chi connectivity index (χ0n) is 12.6. The quantitative estimate of drug-likeness (QED) is 0.736. The van der Waals surface area contributed by atoms with Crippen LogP contribution in [-0.4, -0.2) is 22.0 Å². The monoisotopic (exact) mass is 298 g/mol. The van der Waals surface area contributed by atoms with Gasteiger partial charge in [-0.05, 0) is 31.5 Å². The number of benzene rings is 1. The third kappa shape index (κ3) is 4.80. The molecule has 0 amide bonds. The Hall–Kier alpha value is -1.07. The Labute approximate surface area is 123 Å². The van der Waals surface area contributed by atoms with Crippen molar-refractivity contribution in [2.75, 3.05) is 18.9 Å². The molecule has 5 heteroatoms. The van der Waals surface area contributed by atoms with Gasteiger partial charge in [-0.15, -0.1) is 0 Å². The predicted molar refractivity (Wildman–Crippen MR) is 84.5 cm³/mol. The minimum Gasteiger partial charge on any atom is -0.384 e. The zero-order valence-corrected chi connectivity index (χ0v) is 13.5. The Bertz CT molecular complexity index is 500. The molecule has 1 atom stereocenters. The Kier molecular flexibility index (Phi) is 7.02. The lowest BCUT2D eigenvalue weighted by Crippen LogP contribution is -2.21. The van der Waals surface area contributed by atoms with Crippen LogP contribution in [-0.2, 0) is 10.0 Å². The first-order valence-electron chi connectivity index (χ1n) is 7.31. The van der Waals surface area contributed by atoms with Gasteiger partial charge in [0.1, 0.15) is 4.90 Å². The molecule has 4 nitrogen and oxygen atoms in total. The van der Waals surface area contributed by atoms with Gasteiger partial charge in [0.05, 0.1) is 5.69 Å². The average molecular weight is 298 g/mol. The van der Waals surface area contributed by atoms with Gasteiger partial charge < -0.3 is 5.32 Å². The van der Waals surface area contributed by atoms with E-state index < -0.39 is 10.0 Å². The summed E-state index contributed by atoms with van der Waals surface area (Å²) < 4.78 is 26.3. The lowest BCUT2D eigenvalue weighted by Gasteiger charge is -2.18. The first-order chi connectivity index (χ1) is 9.55. The number of unbranched alkanes of at least 4 members (excludes halogenated alkanes) is 1. The molecule has 0 aromatic heterocycles. The number of hydrogen-bond acceptors (Lipinski definition) is 3. The minimum absolute atomic E-state index is 0.313. The van der Waals surface area contributed by atoms with Gasteiger partial charge in [-0.3, -0.25) is 0 Å². The van der Waals surface area contributed by atoms with Crippen molar-refractivity contribution >= 4 is 15.7 Å². The molecule has 114 valence electrons. The van der Waals surface area contributed by atoms with Gasteiger partial charge in [0.25, 0.3) is 0 Å². The smallest absolute Gasteiger partial charge is 0.242 e. The molecule has 0 fully saturated rings. The highest BCUT2D eigenvalue weighted by atomic mass is 32.2. The molecule has 0 aliphatic heterocycles. The van der Waals surface area contributed by atoms with Crippen molar-refractivity contribution in [2.24, 2.45) is 5.92 Å². The molecular weight excluding hydrogens is 272 g/mol. The van der Waals surface area contributed by atoms with Crippen LogP contribution in [0.2, 0.25) is 0 Å². The molecule has 1 rings (SSSR count). The Morgan fingerprint density at radius 3 is 2.50 bits per heavy atom. The second-order valence-corrected chi connectivity index (χ2v) is 6.86. The highest BCUT2D eigenvalue weighted by molar-refractivity contribution is 7.89. The highest BCUT2D eigenvalue weighted by Crippen LogP contribution is 2.22. The standard InChI is InChI=1S/C15H26N2O2S/c1-4-6-9-13(5-2)12-17-14-10-7-8-11-15(14)20(18,19)16-3/h7-8,10-11,13,16-17H,4-6,9,12H2,1-3H3. The van der Waals surface area contributed by atoms with Gasteiger partial charge in [-0.2, -0.15) is 0 Å². The van der Waals surface area contributed by atoms with E-state index in [1.165, 1.54) is 26.3 Å². The van der Waals surface area contributed by atoms with Crippen LogP contribution in [0.1, 0.15) is 39.5 Å². The molecule has 2 N–H and O–H groups in total. The molecular formula is C15H26N2O2S. The van der Waals surface area contributed by atoms with Crippen LogP contribution in [0.4, 0.5) is 5.69 Å². The van der Waals surface area contributed by atoms with Crippen LogP contribution in [0.15, 0.2) is 29.2 Å². The normalized spacial score (nSPS) is 13.2. The van der Waals surface area contributed by atoms with E-state index in [0.717, 1.165) is 13.0 Å². The van der Waals surface area contributed by atoms with E-state index >= 15 is 0 Å². The van der Waals surface area contributed by atoms with Gasteiger partial charge in [-0.1, -0.05) is 45.2 Å². The molecule has 1 unspecified atom stereocenters. The van der Waals surface area contributed by atoms with Crippen molar-refractivity contribution in [3.8, 4) is 0 Å². The number of rotatable bonds is 9. The Balaban J connectivity index is 2.78. The van der Waals surface area contributed by atoms with E-state index in [-0.39, 0.29) is 0 Å². The molecule has 20 heavy (non-hydrogen) atoms. The summed E-state index contributed by atoms with van der Waals surface area (Å²) in [6, 6.07) is 7.03. The van der Waals surface area contributed by atoms with E-state index in [1.54, 1.807) is 12.1 Å². The fourth-order valence-corrected chi connectivity index (χ4v) is 3.06. The molecule has 1 aromatic carbocycles. The Morgan fingerprint density at radius 2 is 1.90 bits per heavy atom. The number of nitrogens with one attached hydrogen (secondary N) is 2. The third-order valence-electron chi connectivity index (χ3n) is 3.57. The van der Waals surface area contributed by atoms with Crippen molar-refractivity contribution < 1.29 is 8.42 Å².